The number of aromatic hydroxyl groups is 1. The van der Waals surface area contributed by atoms with E-state index in [-0.39, 0.29) is 5.75 Å². The molecule has 100 valence electrons. The van der Waals surface area contributed by atoms with Crippen LogP contribution in [-0.2, 0) is 13.1 Å². The highest BCUT2D eigenvalue weighted by molar-refractivity contribution is 9.10. The normalized spacial score (nSPS) is 10.9. The van der Waals surface area contributed by atoms with E-state index in [0.29, 0.717) is 5.69 Å². The SMILES string of the molecule is CN(Cc1cccc(Br)c1)Cc1ccc(O)c(N)c1. The van der Waals surface area contributed by atoms with E-state index in [9.17, 15) is 5.11 Å². The van der Waals surface area contributed by atoms with Crippen molar-refractivity contribution < 1.29 is 5.11 Å². The van der Waals surface area contributed by atoms with Gasteiger partial charge in [0.1, 0.15) is 5.75 Å². The van der Waals surface area contributed by atoms with Gasteiger partial charge in [0.15, 0.2) is 0 Å². The number of phenolic OH excluding ortho intramolecular Hbond substituents is 1. The third-order valence-electron chi connectivity index (χ3n) is 2.89. The number of nitrogen functional groups attached to an aromatic ring is 1. The van der Waals surface area contributed by atoms with Gasteiger partial charge in [-0.05, 0) is 42.4 Å². The van der Waals surface area contributed by atoms with Crippen molar-refractivity contribution >= 4 is 21.6 Å². The van der Waals surface area contributed by atoms with Crippen molar-refractivity contribution in [3.63, 3.8) is 0 Å². The van der Waals surface area contributed by atoms with Gasteiger partial charge in [-0.3, -0.25) is 4.90 Å². The second-order valence-corrected chi connectivity index (χ2v) is 5.61. The first-order valence-corrected chi connectivity index (χ1v) is 6.84. The van der Waals surface area contributed by atoms with Crippen LogP contribution >= 0.6 is 15.9 Å². The lowest BCUT2D eigenvalue weighted by atomic mass is 10.1. The van der Waals surface area contributed by atoms with Gasteiger partial charge in [-0.2, -0.15) is 0 Å². The van der Waals surface area contributed by atoms with Crippen LogP contribution in [0.15, 0.2) is 46.9 Å². The summed E-state index contributed by atoms with van der Waals surface area (Å²) in [6.07, 6.45) is 0. The molecule has 0 saturated heterocycles. The first-order valence-electron chi connectivity index (χ1n) is 6.05. The van der Waals surface area contributed by atoms with E-state index in [1.807, 2.05) is 24.3 Å². The van der Waals surface area contributed by atoms with Crippen LogP contribution in [0.4, 0.5) is 5.69 Å². The molecule has 0 amide bonds. The lowest BCUT2D eigenvalue weighted by Crippen LogP contribution is -2.17. The van der Waals surface area contributed by atoms with Crippen LogP contribution in [0.3, 0.4) is 0 Å². The fourth-order valence-corrected chi connectivity index (χ4v) is 2.46. The van der Waals surface area contributed by atoms with Crippen LogP contribution in [-0.4, -0.2) is 17.1 Å². The molecule has 0 aromatic heterocycles. The molecule has 2 aromatic rings. The zero-order valence-corrected chi connectivity index (χ0v) is 12.4. The lowest BCUT2D eigenvalue weighted by Gasteiger charge is -2.17. The van der Waals surface area contributed by atoms with E-state index in [0.717, 1.165) is 23.1 Å². The van der Waals surface area contributed by atoms with E-state index in [4.69, 9.17) is 5.73 Å². The molecule has 0 saturated carbocycles. The number of rotatable bonds is 4. The molecule has 3 nitrogen and oxygen atoms in total. The number of phenols is 1. The van der Waals surface area contributed by atoms with E-state index in [1.165, 1.54) is 5.56 Å². The molecule has 0 atom stereocenters. The van der Waals surface area contributed by atoms with Crippen molar-refractivity contribution in [2.75, 3.05) is 12.8 Å². The molecular weight excluding hydrogens is 304 g/mol. The summed E-state index contributed by atoms with van der Waals surface area (Å²) in [5, 5.41) is 9.40. The summed E-state index contributed by atoms with van der Waals surface area (Å²) in [7, 11) is 2.06. The predicted molar refractivity (Wildman–Crippen MR) is 81.8 cm³/mol. The summed E-state index contributed by atoms with van der Waals surface area (Å²) in [6, 6.07) is 13.6. The second-order valence-electron chi connectivity index (χ2n) is 4.70. The molecule has 19 heavy (non-hydrogen) atoms. The summed E-state index contributed by atoms with van der Waals surface area (Å²) >= 11 is 3.47. The fraction of sp³-hybridized carbons (Fsp3) is 0.200. The summed E-state index contributed by atoms with van der Waals surface area (Å²) in [5.74, 6) is 0.137. The van der Waals surface area contributed by atoms with Crippen molar-refractivity contribution in [1.82, 2.24) is 4.90 Å². The van der Waals surface area contributed by atoms with Crippen molar-refractivity contribution in [3.8, 4) is 5.75 Å². The third-order valence-corrected chi connectivity index (χ3v) is 3.38. The Bertz CT molecular complexity index is 572. The second kappa shape index (κ2) is 6.08. The van der Waals surface area contributed by atoms with Gasteiger partial charge >= 0.3 is 0 Å². The standard InChI is InChI=1S/C15H17BrN2O/c1-18(9-11-3-2-4-13(16)7-11)10-12-5-6-15(19)14(17)8-12/h2-8,19H,9-10,17H2,1H3. The number of benzene rings is 2. The number of hydrogen-bond acceptors (Lipinski definition) is 3. The van der Waals surface area contributed by atoms with Gasteiger partial charge in [0.05, 0.1) is 5.69 Å². The van der Waals surface area contributed by atoms with Gasteiger partial charge in [0.2, 0.25) is 0 Å². The van der Waals surface area contributed by atoms with Crippen LogP contribution in [0, 0.1) is 0 Å². The van der Waals surface area contributed by atoms with Crippen molar-refractivity contribution in [1.29, 1.82) is 0 Å². The topological polar surface area (TPSA) is 49.5 Å². The molecule has 0 fully saturated rings. The van der Waals surface area contributed by atoms with Crippen molar-refractivity contribution in [3.05, 3.63) is 58.1 Å². The smallest absolute Gasteiger partial charge is 0.138 e. The molecule has 0 spiro atoms. The Morgan fingerprint density at radius 3 is 2.42 bits per heavy atom. The molecule has 0 bridgehead atoms. The number of hydrogen-bond donors (Lipinski definition) is 2. The molecule has 0 aliphatic rings. The largest absolute Gasteiger partial charge is 0.506 e. The molecule has 0 radical (unpaired) electrons. The fourth-order valence-electron chi connectivity index (χ4n) is 2.02. The number of nitrogens with zero attached hydrogens (tertiary/aromatic N) is 1. The molecule has 4 heteroatoms. The minimum absolute atomic E-state index is 0.137. The Labute approximate surface area is 121 Å². The zero-order chi connectivity index (χ0) is 13.8. The first-order chi connectivity index (χ1) is 9.04. The molecule has 3 N–H and O–H groups in total. The first kappa shape index (κ1) is 13.9. The lowest BCUT2D eigenvalue weighted by molar-refractivity contribution is 0.319. The minimum atomic E-state index is 0.137. The maximum atomic E-state index is 9.40. The van der Waals surface area contributed by atoms with E-state index in [1.54, 1.807) is 6.07 Å². The Balaban J connectivity index is 2.01. The Hall–Kier alpha value is -1.52. The Kier molecular flexibility index (Phi) is 4.45. The Morgan fingerprint density at radius 2 is 1.79 bits per heavy atom. The third kappa shape index (κ3) is 3.98. The van der Waals surface area contributed by atoms with Crippen LogP contribution in [0.5, 0.6) is 5.75 Å². The number of anilines is 1. The minimum Gasteiger partial charge on any atom is -0.506 e. The number of nitrogens with two attached hydrogens (primary N) is 1. The molecule has 0 aliphatic carbocycles. The van der Waals surface area contributed by atoms with E-state index >= 15 is 0 Å². The Morgan fingerprint density at radius 1 is 1.11 bits per heavy atom. The average Bonchev–Trinajstić information content (AvgIpc) is 2.34. The van der Waals surface area contributed by atoms with Gasteiger partial charge in [-0.15, -0.1) is 0 Å². The average molecular weight is 321 g/mol. The van der Waals surface area contributed by atoms with Crippen LogP contribution in [0.2, 0.25) is 0 Å². The predicted octanol–water partition coefficient (Wildman–Crippen LogP) is 3.37. The van der Waals surface area contributed by atoms with E-state index < -0.39 is 0 Å². The number of halogens is 1. The highest BCUT2D eigenvalue weighted by Crippen LogP contribution is 2.21. The maximum Gasteiger partial charge on any atom is 0.138 e. The highest BCUT2D eigenvalue weighted by atomic mass is 79.9. The van der Waals surface area contributed by atoms with Gasteiger partial charge in [0.25, 0.3) is 0 Å². The van der Waals surface area contributed by atoms with Gasteiger partial charge < -0.3 is 10.8 Å². The van der Waals surface area contributed by atoms with Gasteiger partial charge in [-0.1, -0.05) is 34.1 Å². The van der Waals surface area contributed by atoms with Crippen LogP contribution in [0.25, 0.3) is 0 Å². The van der Waals surface area contributed by atoms with E-state index in [2.05, 4.69) is 40.0 Å². The summed E-state index contributed by atoms with van der Waals surface area (Å²) < 4.78 is 1.09. The monoisotopic (exact) mass is 320 g/mol. The van der Waals surface area contributed by atoms with Crippen molar-refractivity contribution in [2.45, 2.75) is 13.1 Å². The van der Waals surface area contributed by atoms with Crippen LogP contribution < -0.4 is 5.73 Å². The quantitative estimate of drug-likeness (QED) is 0.670. The van der Waals surface area contributed by atoms with Gasteiger partial charge in [0, 0.05) is 17.6 Å². The molecule has 2 rings (SSSR count). The summed E-state index contributed by atoms with van der Waals surface area (Å²) in [4.78, 5) is 2.20. The summed E-state index contributed by atoms with van der Waals surface area (Å²) in [6.45, 7) is 1.65. The van der Waals surface area contributed by atoms with Crippen LogP contribution in [0.1, 0.15) is 11.1 Å². The molecule has 0 unspecified atom stereocenters. The van der Waals surface area contributed by atoms with Crippen molar-refractivity contribution in [2.24, 2.45) is 0 Å². The molecule has 2 aromatic carbocycles. The molecule has 0 heterocycles. The zero-order valence-electron chi connectivity index (χ0n) is 10.8. The maximum absolute atomic E-state index is 9.40. The molecular formula is C15H17BrN2O. The summed E-state index contributed by atoms with van der Waals surface area (Å²) in [5.41, 5.74) is 8.46. The molecule has 0 aliphatic heterocycles. The van der Waals surface area contributed by atoms with Gasteiger partial charge in [-0.25, -0.2) is 0 Å². The highest BCUT2D eigenvalue weighted by Gasteiger charge is 2.04.